The number of para-hydroxylation sites is 1. The van der Waals surface area contributed by atoms with Crippen molar-refractivity contribution in [3.8, 4) is 0 Å². The summed E-state index contributed by atoms with van der Waals surface area (Å²) in [6.45, 7) is 6.94. The summed E-state index contributed by atoms with van der Waals surface area (Å²) in [5.74, 6) is -5.96. The summed E-state index contributed by atoms with van der Waals surface area (Å²) < 4.78 is 70.2. The van der Waals surface area contributed by atoms with Crippen molar-refractivity contribution in [2.75, 3.05) is 0 Å². The number of nitrogens with two attached hydrogens (primary N) is 1. The molecule has 14 heteroatoms. The van der Waals surface area contributed by atoms with Crippen molar-refractivity contribution in [1.82, 2.24) is 20.9 Å². The molecule has 9 nitrogen and oxygen atoms in total. The Bertz CT molecular complexity index is 1690. The van der Waals surface area contributed by atoms with Gasteiger partial charge in [-0.25, -0.2) is 8.78 Å². The van der Waals surface area contributed by atoms with Gasteiger partial charge < -0.3 is 26.7 Å². The molecule has 0 radical (unpaired) electrons. The smallest absolute Gasteiger partial charge is 0.368 e. The molecule has 0 saturated carbocycles. The quantitative estimate of drug-likeness (QED) is 0.179. The van der Waals surface area contributed by atoms with E-state index in [0.29, 0.717) is 24.1 Å². The van der Waals surface area contributed by atoms with E-state index >= 15 is 0 Å². The van der Waals surface area contributed by atoms with E-state index in [1.54, 1.807) is 27.7 Å². The summed E-state index contributed by atoms with van der Waals surface area (Å²) in [4.78, 5) is 56.5. The molecule has 1 aromatic heterocycles. The van der Waals surface area contributed by atoms with E-state index in [9.17, 15) is 41.1 Å². The fourth-order valence-corrected chi connectivity index (χ4v) is 6.18. The fourth-order valence-electron chi connectivity index (χ4n) is 6.18. The molecule has 6 N–H and O–H groups in total. The SMILES string of the molecule is CC[C@H](C)[C@H](NC(=O)[C@@]1(NC(=O)[C@@H](NC(=O)Cc2c(F)cccc2F)[C@@H](C)CC)CCc2[nH]c3c(C(F)(F)F)cccc3c2C1)C(N)=O. The number of hydrogen-bond acceptors (Lipinski definition) is 4. The van der Waals surface area contributed by atoms with Crippen LogP contribution in [0.25, 0.3) is 10.9 Å². The van der Waals surface area contributed by atoms with Gasteiger partial charge in [0.2, 0.25) is 23.6 Å². The second-order valence-electron chi connectivity index (χ2n) is 12.6. The number of aryl methyl sites for hydroxylation is 1. The van der Waals surface area contributed by atoms with Gasteiger partial charge in [0.15, 0.2) is 0 Å². The predicted molar refractivity (Wildman–Crippen MR) is 168 cm³/mol. The highest BCUT2D eigenvalue weighted by molar-refractivity contribution is 5.98. The van der Waals surface area contributed by atoms with Crippen molar-refractivity contribution in [3.05, 3.63) is 70.4 Å². The first kappa shape index (κ1) is 36.3. The lowest BCUT2D eigenvalue weighted by molar-refractivity contribution is -0.138. The van der Waals surface area contributed by atoms with Crippen molar-refractivity contribution in [2.45, 2.75) is 90.0 Å². The minimum Gasteiger partial charge on any atom is -0.368 e. The number of benzene rings is 2. The second-order valence-corrected chi connectivity index (χ2v) is 12.6. The highest BCUT2D eigenvalue weighted by Crippen LogP contribution is 2.40. The molecule has 0 saturated heterocycles. The van der Waals surface area contributed by atoms with E-state index in [2.05, 4.69) is 20.9 Å². The number of nitrogens with one attached hydrogen (secondary N) is 4. The van der Waals surface area contributed by atoms with Crippen molar-refractivity contribution in [3.63, 3.8) is 0 Å². The highest BCUT2D eigenvalue weighted by Gasteiger charge is 2.47. The second kappa shape index (κ2) is 14.3. The third kappa shape index (κ3) is 7.47. The van der Waals surface area contributed by atoms with Crippen molar-refractivity contribution < 1.29 is 41.1 Å². The Hall–Kier alpha value is -4.49. The molecule has 1 aliphatic rings. The molecule has 4 amide bonds. The van der Waals surface area contributed by atoms with Crippen LogP contribution in [0.2, 0.25) is 0 Å². The van der Waals surface area contributed by atoms with Gasteiger partial charge in [0.1, 0.15) is 29.3 Å². The summed E-state index contributed by atoms with van der Waals surface area (Å²) in [5, 5.41) is 8.22. The van der Waals surface area contributed by atoms with Crippen LogP contribution in [0.1, 0.15) is 69.3 Å². The van der Waals surface area contributed by atoms with Crippen molar-refractivity contribution in [1.29, 1.82) is 0 Å². The molecule has 0 unspecified atom stereocenters. The zero-order valence-electron chi connectivity index (χ0n) is 27.1. The Kier molecular flexibility index (Phi) is 10.8. The fraction of sp³-hybridized carbons (Fsp3) is 0.471. The van der Waals surface area contributed by atoms with Crippen LogP contribution in [0.15, 0.2) is 36.4 Å². The van der Waals surface area contributed by atoms with Gasteiger partial charge in [-0.3, -0.25) is 19.2 Å². The first-order chi connectivity index (χ1) is 22.5. The molecule has 4 rings (SSSR count). The van der Waals surface area contributed by atoms with E-state index in [-0.39, 0.29) is 36.1 Å². The van der Waals surface area contributed by atoms with Crippen LogP contribution in [0.3, 0.4) is 0 Å². The van der Waals surface area contributed by atoms with Crippen LogP contribution in [0.5, 0.6) is 0 Å². The molecule has 0 bridgehead atoms. The number of amides is 4. The predicted octanol–water partition coefficient (Wildman–Crippen LogP) is 4.60. The molecule has 260 valence electrons. The zero-order chi connectivity index (χ0) is 35.6. The van der Waals surface area contributed by atoms with Gasteiger partial charge in [-0.05, 0) is 48.4 Å². The molecule has 1 heterocycles. The van der Waals surface area contributed by atoms with Gasteiger partial charge >= 0.3 is 6.18 Å². The Morgan fingerprint density at radius 1 is 0.938 bits per heavy atom. The van der Waals surface area contributed by atoms with Crippen LogP contribution < -0.4 is 21.7 Å². The third-order valence-electron chi connectivity index (χ3n) is 9.43. The first-order valence-electron chi connectivity index (χ1n) is 15.9. The summed E-state index contributed by atoms with van der Waals surface area (Å²) in [7, 11) is 0. The lowest BCUT2D eigenvalue weighted by atomic mass is 9.78. The normalized spacial score (nSPS) is 18.7. The largest absolute Gasteiger partial charge is 0.418 e. The van der Waals surface area contributed by atoms with Gasteiger partial charge in [-0.1, -0.05) is 58.7 Å². The van der Waals surface area contributed by atoms with Crippen LogP contribution in [-0.4, -0.2) is 46.2 Å². The minimum atomic E-state index is -4.66. The average Bonchev–Trinajstić information content (AvgIpc) is 3.40. The molecule has 0 aliphatic heterocycles. The summed E-state index contributed by atoms with van der Waals surface area (Å²) in [6, 6.07) is 4.49. The number of carbonyl (C=O) groups is 4. The van der Waals surface area contributed by atoms with Crippen molar-refractivity contribution in [2.24, 2.45) is 17.6 Å². The number of H-pyrrole nitrogens is 1. The van der Waals surface area contributed by atoms with E-state index < -0.39 is 82.5 Å². The van der Waals surface area contributed by atoms with Gasteiger partial charge in [-0.2, -0.15) is 13.2 Å². The molecule has 2 aromatic carbocycles. The van der Waals surface area contributed by atoms with E-state index in [1.807, 2.05) is 0 Å². The Morgan fingerprint density at radius 2 is 1.54 bits per heavy atom. The van der Waals surface area contributed by atoms with E-state index in [4.69, 9.17) is 5.73 Å². The number of aromatic nitrogens is 1. The molecule has 3 aromatic rings. The van der Waals surface area contributed by atoms with Gasteiger partial charge in [-0.15, -0.1) is 0 Å². The topological polar surface area (TPSA) is 146 Å². The van der Waals surface area contributed by atoms with E-state index in [1.165, 1.54) is 12.1 Å². The number of hydrogen-bond donors (Lipinski definition) is 5. The van der Waals surface area contributed by atoms with Gasteiger partial charge in [0, 0.05) is 23.1 Å². The maximum atomic E-state index is 14.3. The molecular weight excluding hydrogens is 637 g/mol. The Morgan fingerprint density at radius 3 is 2.12 bits per heavy atom. The van der Waals surface area contributed by atoms with Crippen LogP contribution in [0.4, 0.5) is 22.0 Å². The maximum Gasteiger partial charge on any atom is 0.418 e. The summed E-state index contributed by atoms with van der Waals surface area (Å²) in [5.41, 5.74) is 3.18. The minimum absolute atomic E-state index is 0.0620. The molecular formula is C34H40F5N5O4. The molecule has 48 heavy (non-hydrogen) atoms. The molecule has 5 atom stereocenters. The monoisotopic (exact) mass is 677 g/mol. The number of rotatable bonds is 12. The number of halogens is 5. The van der Waals surface area contributed by atoms with Crippen LogP contribution >= 0.6 is 0 Å². The standard InChI is InChI=1S/C34H40F5N5O4/c1-5-17(3)27(30(40)46)43-32(48)33(14-13-25-21(16-33)19-9-7-10-22(29(19)41-25)34(37,38)39)44-31(47)28(18(4)6-2)42-26(45)15-20-23(35)11-8-12-24(20)36/h7-12,17-18,27-28,41H,5-6,13-16H2,1-4H3,(H2,40,46)(H,42,45)(H,43,48)(H,44,47)/t17-,18-,27-,28-,33+/m0/s1. The number of carbonyl (C=O) groups excluding carboxylic acids is 4. The van der Waals surface area contributed by atoms with Gasteiger partial charge in [0.05, 0.1) is 17.5 Å². The maximum absolute atomic E-state index is 14.3. The molecule has 0 spiro atoms. The van der Waals surface area contributed by atoms with Crippen LogP contribution in [-0.2, 0) is 44.6 Å². The van der Waals surface area contributed by atoms with Crippen LogP contribution in [0, 0.1) is 23.5 Å². The van der Waals surface area contributed by atoms with E-state index in [0.717, 1.165) is 24.3 Å². The zero-order valence-corrected chi connectivity index (χ0v) is 27.1. The summed E-state index contributed by atoms with van der Waals surface area (Å²) in [6.07, 6.45) is -4.74. The van der Waals surface area contributed by atoms with Crippen molar-refractivity contribution >= 4 is 34.5 Å². The number of aromatic amines is 1. The third-order valence-corrected chi connectivity index (χ3v) is 9.43. The molecule has 1 aliphatic carbocycles. The molecule has 0 fully saturated rings. The number of fused-ring (bicyclic) bond motifs is 3. The lowest BCUT2D eigenvalue weighted by Gasteiger charge is -2.39. The summed E-state index contributed by atoms with van der Waals surface area (Å²) >= 11 is 0. The number of primary amides is 1. The first-order valence-corrected chi connectivity index (χ1v) is 15.9. The average molecular weight is 678 g/mol. The van der Waals surface area contributed by atoms with Gasteiger partial charge in [0.25, 0.3) is 0 Å². The Balaban J connectivity index is 1.73. The lowest BCUT2D eigenvalue weighted by Crippen LogP contribution is -2.67. The Labute approximate surface area is 274 Å². The highest BCUT2D eigenvalue weighted by atomic mass is 19.4. The number of alkyl halides is 3.